The molecular weight excluding hydrogens is 515 g/mol. The molecule has 0 bridgehead atoms. The first-order valence-corrected chi connectivity index (χ1v) is 12.0. The van der Waals surface area contributed by atoms with Gasteiger partial charge in [0, 0.05) is 46.5 Å². The van der Waals surface area contributed by atoms with Crippen LogP contribution in [0, 0.1) is 0 Å². The quantitative estimate of drug-likeness (QED) is 0.188. The summed E-state index contributed by atoms with van der Waals surface area (Å²) in [6, 6.07) is 16.3. The summed E-state index contributed by atoms with van der Waals surface area (Å²) in [5.41, 5.74) is 2.13. The number of aliphatic hydroxyl groups is 1. The van der Waals surface area contributed by atoms with Gasteiger partial charge < -0.3 is 19.1 Å². The molecule has 0 spiro atoms. The Bertz CT molecular complexity index is 1590. The second-order valence-corrected chi connectivity index (χ2v) is 9.39. The maximum Gasteiger partial charge on any atom is 0.300 e. The number of para-hydroxylation sites is 1. The van der Waals surface area contributed by atoms with Crippen molar-refractivity contribution in [2.24, 2.45) is 7.05 Å². The summed E-state index contributed by atoms with van der Waals surface area (Å²) in [5, 5.41) is 13.2. The number of aromatic nitrogens is 1. The van der Waals surface area contributed by atoms with Gasteiger partial charge in [0.05, 0.1) is 36.4 Å². The Labute approximate surface area is 223 Å². The number of fused-ring (bicyclic) bond motifs is 1. The molecule has 9 heteroatoms. The Morgan fingerprint density at radius 1 is 0.946 bits per heavy atom. The Balaban J connectivity index is 1.83. The number of carbonyl (C=O) groups is 2. The van der Waals surface area contributed by atoms with Crippen LogP contribution < -0.4 is 14.4 Å². The summed E-state index contributed by atoms with van der Waals surface area (Å²) < 4.78 is 12.7. The zero-order chi connectivity index (χ0) is 26.4. The van der Waals surface area contributed by atoms with E-state index >= 15 is 0 Å². The minimum Gasteiger partial charge on any atom is -0.507 e. The molecule has 1 aliphatic rings. The zero-order valence-corrected chi connectivity index (χ0v) is 21.7. The van der Waals surface area contributed by atoms with Crippen LogP contribution in [0.3, 0.4) is 0 Å². The van der Waals surface area contributed by atoms with Crippen LogP contribution in [0.25, 0.3) is 16.7 Å². The van der Waals surface area contributed by atoms with Crippen molar-refractivity contribution in [2.45, 2.75) is 6.04 Å². The number of rotatable bonds is 5. The smallest absolute Gasteiger partial charge is 0.300 e. The number of halogens is 2. The molecule has 7 nitrogen and oxygen atoms in total. The predicted octanol–water partition coefficient (Wildman–Crippen LogP) is 6.13. The van der Waals surface area contributed by atoms with Gasteiger partial charge in [0.1, 0.15) is 17.3 Å². The average Bonchev–Trinajstić information content (AvgIpc) is 3.37. The molecule has 188 valence electrons. The molecule has 1 saturated heterocycles. The lowest BCUT2D eigenvalue weighted by Gasteiger charge is -2.25. The Morgan fingerprint density at radius 3 is 2.30 bits per heavy atom. The molecule has 1 aromatic heterocycles. The lowest BCUT2D eigenvalue weighted by Crippen LogP contribution is -2.29. The number of anilines is 1. The van der Waals surface area contributed by atoms with Crippen LogP contribution in [-0.2, 0) is 16.6 Å². The molecule has 1 aliphatic heterocycles. The highest BCUT2D eigenvalue weighted by Crippen LogP contribution is 2.46. The number of aryl methyl sites for hydroxylation is 1. The van der Waals surface area contributed by atoms with Gasteiger partial charge in [-0.2, -0.15) is 0 Å². The van der Waals surface area contributed by atoms with Crippen LogP contribution in [-0.4, -0.2) is 35.6 Å². The standard InChI is InChI=1S/C28H22Cl2N2O5/c1-31-14-19(17-6-4-5-7-21(17)31)25-24(26(33)18-12-23(37-3)20(30)13-22(18)36-2)27(34)28(35)32(25)16-10-8-15(29)9-11-16/h4-14,25,33H,1-3H3/b26-24+. The van der Waals surface area contributed by atoms with Crippen molar-refractivity contribution >= 4 is 57.2 Å². The Kier molecular flexibility index (Phi) is 6.35. The van der Waals surface area contributed by atoms with Crippen molar-refractivity contribution in [3.8, 4) is 11.5 Å². The molecule has 1 unspecified atom stereocenters. The topological polar surface area (TPSA) is 81.0 Å². The van der Waals surface area contributed by atoms with Gasteiger partial charge in [-0.25, -0.2) is 0 Å². The molecule has 1 atom stereocenters. The minimum atomic E-state index is -0.932. The zero-order valence-electron chi connectivity index (χ0n) is 20.2. The fourth-order valence-electron chi connectivity index (χ4n) is 4.78. The number of ketones is 1. The molecule has 4 aromatic rings. The van der Waals surface area contributed by atoms with E-state index in [1.54, 1.807) is 24.3 Å². The van der Waals surface area contributed by atoms with E-state index in [0.717, 1.165) is 10.9 Å². The highest BCUT2D eigenvalue weighted by Gasteiger charge is 2.48. The number of aliphatic hydroxyl groups excluding tert-OH is 1. The van der Waals surface area contributed by atoms with Crippen molar-refractivity contribution in [1.29, 1.82) is 0 Å². The molecule has 0 aliphatic carbocycles. The number of carbonyl (C=O) groups excluding carboxylic acids is 2. The lowest BCUT2D eigenvalue weighted by atomic mass is 9.94. The number of nitrogens with zero attached hydrogens (tertiary/aromatic N) is 2. The fourth-order valence-corrected chi connectivity index (χ4v) is 5.13. The second kappa shape index (κ2) is 9.50. The van der Waals surface area contributed by atoms with E-state index < -0.39 is 23.5 Å². The highest BCUT2D eigenvalue weighted by atomic mass is 35.5. The van der Waals surface area contributed by atoms with E-state index in [1.165, 1.54) is 31.3 Å². The van der Waals surface area contributed by atoms with Crippen LogP contribution in [0.1, 0.15) is 17.2 Å². The molecule has 5 rings (SSSR count). The van der Waals surface area contributed by atoms with Crippen molar-refractivity contribution in [2.75, 3.05) is 19.1 Å². The lowest BCUT2D eigenvalue weighted by molar-refractivity contribution is -0.132. The molecule has 0 radical (unpaired) electrons. The van der Waals surface area contributed by atoms with Crippen LogP contribution in [0.4, 0.5) is 5.69 Å². The summed E-state index contributed by atoms with van der Waals surface area (Å²) in [7, 11) is 4.74. The van der Waals surface area contributed by atoms with Crippen molar-refractivity contribution in [3.63, 3.8) is 0 Å². The normalized spacial score (nSPS) is 17.0. The summed E-state index contributed by atoms with van der Waals surface area (Å²) in [6.45, 7) is 0. The maximum absolute atomic E-state index is 13.6. The van der Waals surface area contributed by atoms with E-state index in [1.807, 2.05) is 42.1 Å². The van der Waals surface area contributed by atoms with E-state index in [9.17, 15) is 14.7 Å². The molecule has 1 fully saturated rings. The van der Waals surface area contributed by atoms with Gasteiger partial charge in [-0.3, -0.25) is 14.5 Å². The fraction of sp³-hybridized carbons (Fsp3) is 0.143. The number of hydrogen-bond donors (Lipinski definition) is 1. The van der Waals surface area contributed by atoms with Gasteiger partial charge in [-0.05, 0) is 36.4 Å². The van der Waals surface area contributed by atoms with Gasteiger partial charge in [0.25, 0.3) is 11.7 Å². The van der Waals surface area contributed by atoms with E-state index in [-0.39, 0.29) is 27.7 Å². The molecule has 37 heavy (non-hydrogen) atoms. The number of Topliss-reactive ketones (excluding diaryl/α,β-unsaturated/α-hetero) is 1. The van der Waals surface area contributed by atoms with Gasteiger partial charge in [-0.15, -0.1) is 0 Å². The number of methoxy groups -OCH3 is 2. The predicted molar refractivity (Wildman–Crippen MR) is 144 cm³/mol. The van der Waals surface area contributed by atoms with Gasteiger partial charge in [0.2, 0.25) is 0 Å². The molecule has 3 aromatic carbocycles. The largest absolute Gasteiger partial charge is 0.507 e. The maximum atomic E-state index is 13.6. The molecule has 1 N–H and O–H groups in total. The van der Waals surface area contributed by atoms with Crippen LogP contribution in [0.5, 0.6) is 11.5 Å². The van der Waals surface area contributed by atoms with Crippen LogP contribution in [0.15, 0.2) is 72.4 Å². The summed E-state index contributed by atoms with van der Waals surface area (Å²) in [5.74, 6) is -1.52. The summed E-state index contributed by atoms with van der Waals surface area (Å²) in [6.07, 6.45) is 1.86. The number of benzene rings is 3. The second-order valence-electron chi connectivity index (χ2n) is 8.55. The summed E-state index contributed by atoms with van der Waals surface area (Å²) >= 11 is 12.4. The van der Waals surface area contributed by atoms with Gasteiger partial charge in [0.15, 0.2) is 0 Å². The Morgan fingerprint density at radius 2 is 1.62 bits per heavy atom. The van der Waals surface area contributed by atoms with E-state index in [2.05, 4.69) is 0 Å². The van der Waals surface area contributed by atoms with Crippen molar-refractivity contribution < 1.29 is 24.2 Å². The third-order valence-electron chi connectivity index (χ3n) is 6.50. The SMILES string of the molecule is COc1cc(/C(O)=C2\C(=O)C(=O)N(c3ccc(Cl)cc3)C2c2cn(C)c3ccccc23)c(OC)cc1Cl. The minimum absolute atomic E-state index is 0.0843. The van der Waals surface area contributed by atoms with Crippen LogP contribution >= 0.6 is 23.2 Å². The van der Waals surface area contributed by atoms with E-state index in [0.29, 0.717) is 16.3 Å². The molecule has 2 heterocycles. The molecule has 0 saturated carbocycles. The number of hydrogen-bond acceptors (Lipinski definition) is 5. The summed E-state index contributed by atoms with van der Waals surface area (Å²) in [4.78, 5) is 28.5. The van der Waals surface area contributed by atoms with Crippen molar-refractivity contribution in [3.05, 3.63) is 93.6 Å². The van der Waals surface area contributed by atoms with Crippen LogP contribution in [0.2, 0.25) is 10.0 Å². The third kappa shape index (κ3) is 4.00. The first-order valence-electron chi connectivity index (χ1n) is 11.3. The molecular formula is C28H22Cl2N2O5. The van der Waals surface area contributed by atoms with Crippen molar-refractivity contribution in [1.82, 2.24) is 4.57 Å². The number of ether oxygens (including phenoxy) is 2. The highest BCUT2D eigenvalue weighted by molar-refractivity contribution is 6.52. The van der Waals surface area contributed by atoms with Gasteiger partial charge >= 0.3 is 0 Å². The first kappa shape index (κ1) is 24.7. The van der Waals surface area contributed by atoms with Gasteiger partial charge in [-0.1, -0.05) is 41.4 Å². The average molecular weight is 537 g/mol. The van der Waals surface area contributed by atoms with E-state index in [4.69, 9.17) is 32.7 Å². The molecule has 1 amide bonds. The third-order valence-corrected chi connectivity index (χ3v) is 7.05. The number of amides is 1. The first-order chi connectivity index (χ1) is 17.8. The Hall–Kier alpha value is -3.94. The monoisotopic (exact) mass is 536 g/mol.